The largest absolute Gasteiger partial charge is 0.508 e. The van der Waals surface area contributed by atoms with Crippen LogP contribution in [0, 0.1) is 5.92 Å². The highest BCUT2D eigenvalue weighted by atomic mass is 16.3. The number of guanidine groups is 2. The maximum atomic E-state index is 14.8. The summed E-state index contributed by atoms with van der Waals surface area (Å²) < 4.78 is 0. The third-order valence-electron chi connectivity index (χ3n) is 12.9. The number of hydrogen-bond acceptors (Lipinski definition) is 14. The number of phenolic OH excluding ortho intramolecular Hbond substituents is 1. The van der Waals surface area contributed by atoms with Gasteiger partial charge in [-0.25, -0.2) is 0 Å². The molecule has 1 aliphatic rings. The molecule has 2 aromatic rings. The van der Waals surface area contributed by atoms with Gasteiger partial charge in [0, 0.05) is 39.4 Å². The standard InChI is InChI=1S/C53H83N17O11/c1-30(2)26-39(68-46(76)35(14-7-8-22-54)64-48(78)40(63-31(3)71)28-33-18-20-34(72)21-19-33)47(77)69-41(27-32-12-5-4-6-13-32)49(79)66-37(16-10-24-62-53(59)60)51(81)70-25-11-17-42(70)50(80)65-36(15-9-23-61-52(57)58)45(75)67-38(44(56)74)29-43(55)73/h4-6,12-13,18-21,30,35-42,72H,7-11,14-17,22-29,54H2,1-3H3,(H2,55,73)(H2,56,74)(H,63,71)(H,64,78)(H,65,80)(H,66,79)(H,67,75)(H,68,76)(H,69,77)(H4,57,58,61)(H4,59,60,62)/t35-,36-,37-,38-,39-,40-,41-,42-/m0/s1. The van der Waals surface area contributed by atoms with Crippen LogP contribution in [0.5, 0.6) is 5.75 Å². The molecule has 1 aliphatic heterocycles. The fourth-order valence-corrected chi connectivity index (χ4v) is 8.94. The number of phenols is 1. The predicted octanol–water partition coefficient (Wildman–Crippen LogP) is -3.78. The Morgan fingerprint density at radius 1 is 0.580 bits per heavy atom. The Balaban J connectivity index is 1.96. The summed E-state index contributed by atoms with van der Waals surface area (Å²) in [6.45, 7) is 5.34. The number of carbonyl (C=O) groups excluding carboxylic acids is 10. The second-order valence-electron chi connectivity index (χ2n) is 20.3. The van der Waals surface area contributed by atoms with Crippen LogP contribution in [0.4, 0.5) is 0 Å². The molecular weight excluding hydrogens is 1050 g/mol. The molecular formula is C53H83N17O11. The van der Waals surface area contributed by atoms with Gasteiger partial charge in [0.15, 0.2) is 11.9 Å². The van der Waals surface area contributed by atoms with Crippen molar-refractivity contribution in [1.29, 1.82) is 0 Å². The van der Waals surface area contributed by atoms with E-state index in [0.717, 1.165) is 0 Å². The maximum absolute atomic E-state index is 14.8. The molecule has 1 fully saturated rings. The lowest BCUT2D eigenvalue weighted by Gasteiger charge is -2.31. The quantitative estimate of drug-likeness (QED) is 0.0179. The summed E-state index contributed by atoms with van der Waals surface area (Å²) >= 11 is 0. The fraction of sp³-hybridized carbons (Fsp3) is 0.547. The van der Waals surface area contributed by atoms with E-state index in [0.29, 0.717) is 36.9 Å². The summed E-state index contributed by atoms with van der Waals surface area (Å²) in [4.78, 5) is 145. The van der Waals surface area contributed by atoms with E-state index in [4.69, 9.17) is 40.1 Å². The molecule has 1 heterocycles. The maximum Gasteiger partial charge on any atom is 0.245 e. The number of carbonyl (C=O) groups is 10. The van der Waals surface area contributed by atoms with Crippen LogP contribution in [0.1, 0.15) is 103 Å². The minimum absolute atomic E-state index is 0.00404. The third-order valence-corrected chi connectivity index (χ3v) is 12.9. The number of hydrogen-bond donors (Lipinski definition) is 15. The molecule has 0 saturated carbocycles. The molecule has 2 aromatic carbocycles. The second-order valence-corrected chi connectivity index (χ2v) is 20.3. The van der Waals surface area contributed by atoms with E-state index in [1.54, 1.807) is 42.5 Å². The molecule has 0 bridgehead atoms. The zero-order valence-corrected chi connectivity index (χ0v) is 46.3. The van der Waals surface area contributed by atoms with Crippen molar-refractivity contribution in [2.45, 2.75) is 153 Å². The summed E-state index contributed by atoms with van der Waals surface area (Å²) in [5.41, 5.74) is 39.8. The van der Waals surface area contributed by atoms with Gasteiger partial charge in [-0.1, -0.05) is 56.3 Å². The second kappa shape index (κ2) is 34.4. The van der Waals surface area contributed by atoms with Gasteiger partial charge in [-0.15, -0.1) is 0 Å². The van der Waals surface area contributed by atoms with Crippen molar-refractivity contribution in [1.82, 2.24) is 42.1 Å². The average Bonchev–Trinajstić information content (AvgIpc) is 3.90. The Labute approximate surface area is 471 Å². The normalized spacial score (nSPS) is 15.4. The van der Waals surface area contributed by atoms with Crippen LogP contribution < -0.4 is 77.4 Å². The highest BCUT2D eigenvalue weighted by molar-refractivity contribution is 5.98. The number of unbranched alkanes of at least 4 members (excludes halogenated alkanes) is 1. The average molecular weight is 1130 g/mol. The Morgan fingerprint density at radius 3 is 1.58 bits per heavy atom. The number of aliphatic imine (C=N–C) groups is 2. The van der Waals surface area contributed by atoms with Crippen molar-refractivity contribution < 1.29 is 53.1 Å². The Morgan fingerprint density at radius 2 is 1.05 bits per heavy atom. The number of primary amides is 2. The van der Waals surface area contributed by atoms with Gasteiger partial charge in [-0.2, -0.15) is 0 Å². The molecule has 0 spiro atoms. The van der Waals surface area contributed by atoms with Gasteiger partial charge < -0.3 is 87.4 Å². The van der Waals surface area contributed by atoms with E-state index in [2.05, 4.69) is 47.2 Å². The number of rotatable bonds is 35. The van der Waals surface area contributed by atoms with E-state index in [9.17, 15) is 53.1 Å². The lowest BCUT2D eigenvalue weighted by atomic mass is 9.99. The summed E-state index contributed by atoms with van der Waals surface area (Å²) in [5.74, 6) is -8.40. The molecule has 22 N–H and O–H groups in total. The van der Waals surface area contributed by atoms with Crippen molar-refractivity contribution in [3.8, 4) is 5.75 Å². The van der Waals surface area contributed by atoms with Crippen LogP contribution in [0.3, 0.4) is 0 Å². The molecule has 3 rings (SSSR count). The van der Waals surface area contributed by atoms with E-state index < -0.39 is 114 Å². The van der Waals surface area contributed by atoms with Gasteiger partial charge in [0.1, 0.15) is 54.1 Å². The number of likely N-dealkylation sites (tertiary alicyclic amines) is 1. The predicted molar refractivity (Wildman–Crippen MR) is 301 cm³/mol. The number of benzene rings is 2. The van der Waals surface area contributed by atoms with Crippen molar-refractivity contribution in [2.75, 3.05) is 26.2 Å². The molecule has 81 heavy (non-hydrogen) atoms. The summed E-state index contributed by atoms with van der Waals surface area (Å²) in [5, 5.41) is 28.5. The highest BCUT2D eigenvalue weighted by Crippen LogP contribution is 2.21. The van der Waals surface area contributed by atoms with E-state index in [1.807, 2.05) is 13.8 Å². The number of nitrogens with zero attached hydrogens (tertiary/aromatic N) is 3. The van der Waals surface area contributed by atoms with Crippen molar-refractivity contribution in [3.05, 3.63) is 65.7 Å². The number of amides is 10. The van der Waals surface area contributed by atoms with Gasteiger partial charge in [-0.3, -0.25) is 57.9 Å². The van der Waals surface area contributed by atoms with Gasteiger partial charge in [0.05, 0.1) is 6.42 Å². The van der Waals surface area contributed by atoms with Crippen LogP contribution in [-0.4, -0.2) is 156 Å². The Bertz CT molecular complexity index is 2510. The highest BCUT2D eigenvalue weighted by Gasteiger charge is 2.40. The van der Waals surface area contributed by atoms with Crippen molar-refractivity contribution in [2.24, 2.45) is 56.0 Å². The molecule has 0 aromatic heterocycles. The Hall–Kier alpha value is -8.56. The molecule has 446 valence electrons. The molecule has 28 heteroatoms. The van der Waals surface area contributed by atoms with E-state index in [-0.39, 0.29) is 101 Å². The minimum atomic E-state index is -1.50. The zero-order chi connectivity index (χ0) is 60.2. The van der Waals surface area contributed by atoms with Gasteiger partial charge in [0.25, 0.3) is 0 Å². The molecule has 8 atom stereocenters. The van der Waals surface area contributed by atoms with Crippen molar-refractivity contribution >= 4 is 71.0 Å². The third kappa shape index (κ3) is 24.6. The molecule has 0 unspecified atom stereocenters. The van der Waals surface area contributed by atoms with Crippen LogP contribution >= 0.6 is 0 Å². The first-order valence-corrected chi connectivity index (χ1v) is 27.0. The van der Waals surface area contributed by atoms with Gasteiger partial charge in [0.2, 0.25) is 59.1 Å². The van der Waals surface area contributed by atoms with Gasteiger partial charge in [-0.05, 0) is 99.9 Å². The van der Waals surface area contributed by atoms with Crippen LogP contribution in [-0.2, 0) is 60.8 Å². The first-order valence-electron chi connectivity index (χ1n) is 27.0. The summed E-state index contributed by atoms with van der Waals surface area (Å²) in [6.07, 6.45) is 1.11. The van der Waals surface area contributed by atoms with E-state index in [1.165, 1.54) is 24.0 Å². The van der Waals surface area contributed by atoms with Crippen LogP contribution in [0.15, 0.2) is 64.6 Å². The number of nitrogens with one attached hydrogen (secondary N) is 7. The minimum Gasteiger partial charge on any atom is -0.508 e. The SMILES string of the molecule is CC(=O)N[C@@H](Cc1ccc(O)cc1)C(=O)N[C@@H](CCCCN)C(=O)N[C@@H](CC(C)C)C(=O)N[C@@H](Cc1ccccc1)C(=O)N[C@@H](CCCN=C(N)N)C(=O)N1CCC[C@H]1C(=O)N[C@@H](CCCN=C(N)N)C(=O)N[C@@H](CC(N)=O)C(N)=O. The lowest BCUT2D eigenvalue weighted by molar-refractivity contribution is -0.142. The first kappa shape index (κ1) is 66.7. The molecule has 0 aliphatic carbocycles. The molecule has 28 nitrogen and oxygen atoms in total. The molecule has 1 saturated heterocycles. The fourth-order valence-electron chi connectivity index (χ4n) is 8.94. The first-order chi connectivity index (χ1) is 38.4. The number of aromatic hydroxyl groups is 1. The lowest BCUT2D eigenvalue weighted by Crippen LogP contribution is -2.60. The Kier molecular flexibility index (Phi) is 28.4. The molecule has 10 amide bonds. The summed E-state index contributed by atoms with van der Waals surface area (Å²) in [6, 6.07) is 4.46. The molecule has 0 radical (unpaired) electrons. The van der Waals surface area contributed by atoms with Gasteiger partial charge >= 0.3 is 0 Å². The van der Waals surface area contributed by atoms with Crippen LogP contribution in [0.25, 0.3) is 0 Å². The summed E-state index contributed by atoms with van der Waals surface area (Å²) in [7, 11) is 0. The number of nitrogens with two attached hydrogens (primary N) is 7. The van der Waals surface area contributed by atoms with Crippen LogP contribution in [0.2, 0.25) is 0 Å². The monoisotopic (exact) mass is 1130 g/mol. The van der Waals surface area contributed by atoms with Crippen molar-refractivity contribution in [3.63, 3.8) is 0 Å². The van der Waals surface area contributed by atoms with E-state index >= 15 is 0 Å². The zero-order valence-electron chi connectivity index (χ0n) is 46.3. The topological polar surface area (TPSA) is 485 Å². The smallest absolute Gasteiger partial charge is 0.245 e.